The van der Waals surface area contributed by atoms with Gasteiger partial charge in [-0.1, -0.05) is 29.8 Å². The van der Waals surface area contributed by atoms with Gasteiger partial charge in [-0.25, -0.2) is 0 Å². The topological polar surface area (TPSA) is 40.5 Å². The highest BCUT2D eigenvalue weighted by atomic mass is 16.3. The molecule has 2 N–H and O–H groups in total. The Kier molecular flexibility index (Phi) is 2.80. The maximum Gasteiger partial charge on any atom is 0.161 e. The van der Waals surface area contributed by atoms with Gasteiger partial charge in [0.05, 0.1) is 0 Å². The van der Waals surface area contributed by atoms with Crippen molar-refractivity contribution in [2.45, 2.75) is 20.8 Å². The second kappa shape index (κ2) is 4.13. The van der Waals surface area contributed by atoms with Crippen LogP contribution in [0.5, 0.6) is 11.5 Å². The Hall–Kier alpha value is -1.96. The van der Waals surface area contributed by atoms with Gasteiger partial charge in [0.2, 0.25) is 0 Å². The zero-order valence-electron chi connectivity index (χ0n) is 10.3. The summed E-state index contributed by atoms with van der Waals surface area (Å²) in [6.07, 6.45) is 0. The van der Waals surface area contributed by atoms with Crippen molar-refractivity contribution in [1.82, 2.24) is 0 Å². The lowest BCUT2D eigenvalue weighted by Gasteiger charge is -2.12. The normalized spacial score (nSPS) is 10.5. The van der Waals surface area contributed by atoms with Crippen LogP contribution in [0.3, 0.4) is 0 Å². The molecular weight excluding hydrogens is 212 g/mol. The molecule has 2 rings (SSSR count). The van der Waals surface area contributed by atoms with Crippen LogP contribution in [0.4, 0.5) is 0 Å². The maximum absolute atomic E-state index is 9.76. The lowest BCUT2D eigenvalue weighted by Crippen LogP contribution is -1.89. The molecule has 0 saturated carbocycles. The molecule has 0 fully saturated rings. The number of benzene rings is 2. The molecule has 88 valence electrons. The Morgan fingerprint density at radius 2 is 1.53 bits per heavy atom. The number of hydrogen-bond donors (Lipinski definition) is 2. The molecule has 0 aromatic heterocycles. The minimum atomic E-state index is -0.0726. The summed E-state index contributed by atoms with van der Waals surface area (Å²) in [7, 11) is 0. The molecule has 0 unspecified atom stereocenters. The monoisotopic (exact) mass is 228 g/mol. The number of phenolic OH excluding ortho intramolecular Hbond substituents is 2. The Balaban J connectivity index is 2.69. The largest absolute Gasteiger partial charge is 0.504 e. The Morgan fingerprint density at radius 3 is 2.24 bits per heavy atom. The third-order valence-electron chi connectivity index (χ3n) is 3.09. The number of phenols is 2. The first-order valence-electron chi connectivity index (χ1n) is 5.60. The number of aromatic hydroxyl groups is 2. The van der Waals surface area contributed by atoms with Crippen molar-refractivity contribution in [2.75, 3.05) is 0 Å². The predicted molar refractivity (Wildman–Crippen MR) is 69.4 cm³/mol. The van der Waals surface area contributed by atoms with Crippen molar-refractivity contribution < 1.29 is 10.2 Å². The molecular formula is C15H16O2. The van der Waals surface area contributed by atoms with E-state index >= 15 is 0 Å². The highest BCUT2D eigenvalue weighted by Crippen LogP contribution is 2.37. The van der Waals surface area contributed by atoms with Crippen LogP contribution >= 0.6 is 0 Å². The molecule has 0 atom stereocenters. The summed E-state index contributed by atoms with van der Waals surface area (Å²) < 4.78 is 0. The fraction of sp³-hybridized carbons (Fsp3) is 0.200. The van der Waals surface area contributed by atoms with E-state index in [4.69, 9.17) is 0 Å². The quantitative estimate of drug-likeness (QED) is 0.731. The minimum absolute atomic E-state index is 0.0385. The van der Waals surface area contributed by atoms with Gasteiger partial charge in [-0.15, -0.1) is 0 Å². The Morgan fingerprint density at radius 1 is 0.824 bits per heavy atom. The second-order valence-electron chi connectivity index (χ2n) is 4.42. The summed E-state index contributed by atoms with van der Waals surface area (Å²) in [4.78, 5) is 0. The van der Waals surface area contributed by atoms with Crippen LogP contribution in [-0.2, 0) is 0 Å². The van der Waals surface area contributed by atoms with E-state index in [2.05, 4.69) is 18.2 Å². The van der Waals surface area contributed by atoms with E-state index in [9.17, 15) is 10.2 Å². The summed E-state index contributed by atoms with van der Waals surface area (Å²) >= 11 is 0. The van der Waals surface area contributed by atoms with Crippen molar-refractivity contribution in [3.05, 3.63) is 47.0 Å². The molecule has 2 nitrogen and oxygen atoms in total. The van der Waals surface area contributed by atoms with Crippen LogP contribution < -0.4 is 0 Å². The molecule has 0 aliphatic heterocycles. The van der Waals surface area contributed by atoms with Gasteiger partial charge in [0.1, 0.15) is 0 Å². The fourth-order valence-corrected chi connectivity index (χ4v) is 2.00. The van der Waals surface area contributed by atoms with Crippen molar-refractivity contribution in [3.63, 3.8) is 0 Å². The first-order valence-corrected chi connectivity index (χ1v) is 5.60. The third-order valence-corrected chi connectivity index (χ3v) is 3.09. The zero-order valence-corrected chi connectivity index (χ0v) is 10.3. The van der Waals surface area contributed by atoms with E-state index in [0.717, 1.165) is 16.7 Å². The van der Waals surface area contributed by atoms with Gasteiger partial charge >= 0.3 is 0 Å². The molecule has 0 aliphatic carbocycles. The SMILES string of the molecule is Cc1ccc(C)c(-c2ccc(O)c(O)c2C)c1. The molecule has 0 amide bonds. The molecule has 0 saturated heterocycles. The predicted octanol–water partition coefficient (Wildman–Crippen LogP) is 3.69. The minimum Gasteiger partial charge on any atom is -0.504 e. The van der Waals surface area contributed by atoms with Crippen LogP contribution in [0.1, 0.15) is 16.7 Å². The van der Waals surface area contributed by atoms with Crippen LogP contribution in [0.2, 0.25) is 0 Å². The first-order chi connectivity index (χ1) is 8.00. The average Bonchev–Trinajstić information content (AvgIpc) is 2.30. The highest BCUT2D eigenvalue weighted by molar-refractivity contribution is 5.74. The molecule has 2 heteroatoms. The summed E-state index contributed by atoms with van der Waals surface area (Å²) in [5.41, 5.74) is 5.10. The molecule has 0 heterocycles. The number of hydrogen-bond acceptors (Lipinski definition) is 2. The lowest BCUT2D eigenvalue weighted by molar-refractivity contribution is 0.401. The lowest BCUT2D eigenvalue weighted by atomic mass is 9.94. The van der Waals surface area contributed by atoms with Gasteiger partial charge < -0.3 is 10.2 Å². The van der Waals surface area contributed by atoms with Crippen molar-refractivity contribution in [2.24, 2.45) is 0 Å². The molecule has 0 aliphatic rings. The van der Waals surface area contributed by atoms with E-state index in [-0.39, 0.29) is 11.5 Å². The maximum atomic E-state index is 9.76. The second-order valence-corrected chi connectivity index (χ2v) is 4.42. The summed E-state index contributed by atoms with van der Waals surface area (Å²) in [5, 5.41) is 19.2. The van der Waals surface area contributed by atoms with E-state index in [1.54, 1.807) is 0 Å². The van der Waals surface area contributed by atoms with Crippen molar-refractivity contribution >= 4 is 0 Å². The number of rotatable bonds is 1. The molecule has 2 aromatic rings. The molecule has 17 heavy (non-hydrogen) atoms. The summed E-state index contributed by atoms with van der Waals surface area (Å²) in [6.45, 7) is 5.89. The summed E-state index contributed by atoms with van der Waals surface area (Å²) in [6, 6.07) is 9.59. The van der Waals surface area contributed by atoms with Gasteiger partial charge in [-0.05, 0) is 43.5 Å². The first kappa shape index (κ1) is 11.5. The fourth-order valence-electron chi connectivity index (χ4n) is 2.00. The van der Waals surface area contributed by atoms with Crippen LogP contribution in [0, 0.1) is 20.8 Å². The summed E-state index contributed by atoms with van der Waals surface area (Å²) in [5.74, 6) is -0.111. The smallest absolute Gasteiger partial charge is 0.161 e. The Labute approximate surface area is 101 Å². The molecule has 2 aromatic carbocycles. The van der Waals surface area contributed by atoms with Gasteiger partial charge in [0.15, 0.2) is 11.5 Å². The average molecular weight is 228 g/mol. The van der Waals surface area contributed by atoms with Gasteiger partial charge in [0, 0.05) is 5.56 Å². The number of aryl methyl sites for hydroxylation is 2. The van der Waals surface area contributed by atoms with Crippen LogP contribution in [0.25, 0.3) is 11.1 Å². The molecule has 0 spiro atoms. The van der Waals surface area contributed by atoms with E-state index in [0.29, 0.717) is 5.56 Å². The standard InChI is InChI=1S/C15H16O2/c1-9-4-5-10(2)13(8-9)12-6-7-14(16)15(17)11(12)3/h4-8,16-17H,1-3H3. The molecule has 0 radical (unpaired) electrons. The third kappa shape index (κ3) is 1.98. The zero-order chi connectivity index (χ0) is 12.6. The van der Waals surface area contributed by atoms with Gasteiger partial charge in [0.25, 0.3) is 0 Å². The van der Waals surface area contributed by atoms with Crippen molar-refractivity contribution in [3.8, 4) is 22.6 Å². The van der Waals surface area contributed by atoms with E-state index in [1.165, 1.54) is 11.6 Å². The van der Waals surface area contributed by atoms with Gasteiger partial charge in [-0.3, -0.25) is 0 Å². The molecule has 0 bridgehead atoms. The van der Waals surface area contributed by atoms with E-state index < -0.39 is 0 Å². The van der Waals surface area contributed by atoms with Crippen LogP contribution in [0.15, 0.2) is 30.3 Å². The Bertz CT molecular complexity index is 571. The van der Waals surface area contributed by atoms with E-state index in [1.807, 2.05) is 26.8 Å². The highest BCUT2D eigenvalue weighted by Gasteiger charge is 2.11. The van der Waals surface area contributed by atoms with Crippen molar-refractivity contribution in [1.29, 1.82) is 0 Å². The van der Waals surface area contributed by atoms with Gasteiger partial charge in [-0.2, -0.15) is 0 Å². The van der Waals surface area contributed by atoms with Crippen LogP contribution in [-0.4, -0.2) is 10.2 Å².